The van der Waals surface area contributed by atoms with E-state index in [-0.39, 0.29) is 30.1 Å². The second-order valence-corrected chi connectivity index (χ2v) is 4.75. The van der Waals surface area contributed by atoms with Crippen LogP contribution in [-0.2, 0) is 14.4 Å². The van der Waals surface area contributed by atoms with E-state index in [1.807, 2.05) is 0 Å². The Hall–Kier alpha value is -1.59. The minimum atomic E-state index is -0.813. The highest BCUT2D eigenvalue weighted by atomic mass is 16.4. The third-order valence-electron chi connectivity index (χ3n) is 3.35. The molecule has 94 valence electrons. The lowest BCUT2D eigenvalue weighted by Crippen LogP contribution is -2.54. The van der Waals surface area contributed by atoms with Crippen LogP contribution in [-0.4, -0.2) is 47.4 Å². The van der Waals surface area contributed by atoms with Gasteiger partial charge < -0.3 is 15.3 Å². The van der Waals surface area contributed by atoms with Crippen molar-refractivity contribution >= 4 is 17.8 Å². The zero-order chi connectivity index (χ0) is 12.4. The summed E-state index contributed by atoms with van der Waals surface area (Å²) in [4.78, 5) is 35.1. The molecule has 2 amide bonds. The average Bonchev–Trinajstić information content (AvgIpc) is 2.23. The van der Waals surface area contributed by atoms with Gasteiger partial charge in [0.05, 0.1) is 12.3 Å². The van der Waals surface area contributed by atoms with Gasteiger partial charge in [-0.15, -0.1) is 0 Å². The normalized spacial score (nSPS) is 25.1. The van der Waals surface area contributed by atoms with Crippen molar-refractivity contribution in [3.63, 3.8) is 0 Å². The van der Waals surface area contributed by atoms with Gasteiger partial charge in [-0.1, -0.05) is 0 Å². The molecule has 2 N–H and O–H groups in total. The molecule has 6 nitrogen and oxygen atoms in total. The van der Waals surface area contributed by atoms with Crippen molar-refractivity contribution < 1.29 is 19.5 Å². The lowest BCUT2D eigenvalue weighted by atomic mass is 9.91. The molecule has 0 aliphatic carbocycles. The maximum atomic E-state index is 11.9. The summed E-state index contributed by atoms with van der Waals surface area (Å²) in [5.41, 5.74) is 0. The van der Waals surface area contributed by atoms with Crippen molar-refractivity contribution in [1.29, 1.82) is 0 Å². The van der Waals surface area contributed by atoms with Gasteiger partial charge in [-0.05, 0) is 6.42 Å². The van der Waals surface area contributed by atoms with Crippen LogP contribution in [0.25, 0.3) is 0 Å². The van der Waals surface area contributed by atoms with Crippen molar-refractivity contribution in [3.05, 3.63) is 0 Å². The second kappa shape index (κ2) is 4.73. The number of amides is 2. The lowest BCUT2D eigenvalue weighted by Gasteiger charge is -2.41. The molecule has 0 aromatic rings. The molecule has 2 rings (SSSR count). The number of carboxylic acid groups (broad SMARTS) is 1. The van der Waals surface area contributed by atoms with Gasteiger partial charge in [0, 0.05) is 32.0 Å². The molecular weight excluding hydrogens is 224 g/mol. The molecule has 0 spiro atoms. The van der Waals surface area contributed by atoms with Gasteiger partial charge in [-0.2, -0.15) is 0 Å². The number of carboxylic acids is 1. The fraction of sp³-hybridized carbons (Fsp3) is 0.727. The van der Waals surface area contributed by atoms with Crippen molar-refractivity contribution in [2.24, 2.45) is 11.8 Å². The van der Waals surface area contributed by atoms with Gasteiger partial charge in [0.25, 0.3) is 0 Å². The number of carbonyl (C=O) groups is 3. The lowest BCUT2D eigenvalue weighted by molar-refractivity contribution is -0.148. The Bertz CT molecular complexity index is 339. The van der Waals surface area contributed by atoms with Gasteiger partial charge in [-0.25, -0.2) is 0 Å². The van der Waals surface area contributed by atoms with E-state index in [0.717, 1.165) is 0 Å². The van der Waals surface area contributed by atoms with E-state index < -0.39 is 5.97 Å². The van der Waals surface area contributed by atoms with Crippen LogP contribution in [0.4, 0.5) is 0 Å². The average molecular weight is 240 g/mol. The molecule has 1 atom stereocenters. The number of rotatable bonds is 3. The largest absolute Gasteiger partial charge is 0.481 e. The Balaban J connectivity index is 1.75. The summed E-state index contributed by atoms with van der Waals surface area (Å²) >= 11 is 0. The smallest absolute Gasteiger partial charge is 0.303 e. The van der Waals surface area contributed by atoms with Gasteiger partial charge in [0.2, 0.25) is 11.8 Å². The number of carbonyl (C=O) groups excluding carboxylic acids is 2. The van der Waals surface area contributed by atoms with E-state index in [4.69, 9.17) is 5.11 Å². The molecule has 0 aromatic carbocycles. The van der Waals surface area contributed by atoms with Crippen LogP contribution in [0.1, 0.15) is 19.3 Å². The summed E-state index contributed by atoms with van der Waals surface area (Å²) in [6, 6.07) is 0. The van der Waals surface area contributed by atoms with E-state index in [9.17, 15) is 14.4 Å². The quantitative estimate of drug-likeness (QED) is 0.692. The van der Waals surface area contributed by atoms with Crippen molar-refractivity contribution in [2.75, 3.05) is 19.6 Å². The number of piperidine rings is 1. The Morgan fingerprint density at radius 2 is 2.12 bits per heavy atom. The summed E-state index contributed by atoms with van der Waals surface area (Å²) < 4.78 is 0. The summed E-state index contributed by atoms with van der Waals surface area (Å²) in [6.07, 6.45) is 1.14. The maximum Gasteiger partial charge on any atom is 0.303 e. The minimum absolute atomic E-state index is 0.00131. The van der Waals surface area contributed by atoms with Crippen LogP contribution >= 0.6 is 0 Å². The van der Waals surface area contributed by atoms with Gasteiger partial charge in [-0.3, -0.25) is 14.4 Å². The molecule has 0 bridgehead atoms. The number of nitrogens with zero attached hydrogens (tertiary/aromatic N) is 1. The maximum absolute atomic E-state index is 11.9. The van der Waals surface area contributed by atoms with Crippen LogP contribution in [0.5, 0.6) is 0 Å². The molecular formula is C11H16N2O4. The number of nitrogens with one attached hydrogen (secondary N) is 1. The zero-order valence-electron chi connectivity index (χ0n) is 9.52. The molecule has 2 fully saturated rings. The Kier molecular flexibility index (Phi) is 3.31. The highest BCUT2D eigenvalue weighted by Gasteiger charge is 2.36. The van der Waals surface area contributed by atoms with E-state index in [1.54, 1.807) is 4.90 Å². The van der Waals surface area contributed by atoms with Crippen molar-refractivity contribution in [1.82, 2.24) is 10.2 Å². The van der Waals surface area contributed by atoms with Gasteiger partial charge >= 0.3 is 5.97 Å². The van der Waals surface area contributed by atoms with E-state index >= 15 is 0 Å². The number of hydrogen-bond donors (Lipinski definition) is 2. The molecule has 17 heavy (non-hydrogen) atoms. The van der Waals surface area contributed by atoms with Gasteiger partial charge in [0.1, 0.15) is 0 Å². The molecule has 2 aliphatic rings. The molecule has 0 aromatic heterocycles. The van der Waals surface area contributed by atoms with E-state index in [2.05, 4.69) is 5.32 Å². The third-order valence-corrected chi connectivity index (χ3v) is 3.35. The van der Waals surface area contributed by atoms with E-state index in [0.29, 0.717) is 32.5 Å². The summed E-state index contributed by atoms with van der Waals surface area (Å²) in [6.45, 7) is 1.49. The monoisotopic (exact) mass is 240 g/mol. The van der Waals surface area contributed by atoms with Crippen LogP contribution in [0, 0.1) is 11.8 Å². The Morgan fingerprint density at radius 3 is 2.65 bits per heavy atom. The minimum Gasteiger partial charge on any atom is -0.481 e. The van der Waals surface area contributed by atoms with Crippen LogP contribution in [0.15, 0.2) is 0 Å². The fourth-order valence-corrected chi connectivity index (χ4v) is 2.33. The highest BCUT2D eigenvalue weighted by molar-refractivity contribution is 5.84. The summed E-state index contributed by atoms with van der Waals surface area (Å²) in [5.74, 6) is -0.798. The zero-order valence-corrected chi connectivity index (χ0v) is 9.52. The van der Waals surface area contributed by atoms with Crippen LogP contribution in [0.2, 0.25) is 0 Å². The molecule has 0 radical (unpaired) electrons. The molecule has 2 heterocycles. The summed E-state index contributed by atoms with van der Waals surface area (Å²) in [5, 5.41) is 11.3. The first-order valence-corrected chi connectivity index (χ1v) is 5.83. The first kappa shape index (κ1) is 11.9. The highest BCUT2D eigenvalue weighted by Crippen LogP contribution is 2.23. The van der Waals surface area contributed by atoms with Gasteiger partial charge in [0.15, 0.2) is 0 Å². The van der Waals surface area contributed by atoms with Crippen molar-refractivity contribution in [2.45, 2.75) is 19.3 Å². The first-order chi connectivity index (χ1) is 8.06. The Morgan fingerprint density at radius 1 is 1.41 bits per heavy atom. The SMILES string of the molecule is O=C(O)CC1CN(C(=O)C2CCC(=O)NC2)C1. The molecule has 0 saturated carbocycles. The van der Waals surface area contributed by atoms with Crippen LogP contribution < -0.4 is 5.32 Å². The number of likely N-dealkylation sites (tertiary alicyclic amines) is 1. The predicted octanol–water partition coefficient (Wildman–Crippen LogP) is -0.554. The molecule has 2 aliphatic heterocycles. The molecule has 6 heteroatoms. The predicted molar refractivity (Wildman–Crippen MR) is 58.1 cm³/mol. The van der Waals surface area contributed by atoms with E-state index in [1.165, 1.54) is 0 Å². The first-order valence-electron chi connectivity index (χ1n) is 5.83. The molecule has 2 saturated heterocycles. The summed E-state index contributed by atoms with van der Waals surface area (Å²) in [7, 11) is 0. The topological polar surface area (TPSA) is 86.7 Å². The molecule has 1 unspecified atom stereocenters. The third kappa shape index (κ3) is 2.75. The number of hydrogen-bond acceptors (Lipinski definition) is 3. The van der Waals surface area contributed by atoms with Crippen LogP contribution in [0.3, 0.4) is 0 Å². The second-order valence-electron chi connectivity index (χ2n) is 4.75. The fourth-order valence-electron chi connectivity index (χ4n) is 2.33. The standard InChI is InChI=1S/C11H16N2O4/c14-9-2-1-8(4-12-9)11(17)13-5-7(6-13)3-10(15)16/h7-8H,1-6H2,(H,12,14)(H,15,16). The Labute approximate surface area is 99.0 Å². The number of aliphatic carboxylic acids is 1. The van der Waals surface area contributed by atoms with Crippen molar-refractivity contribution in [3.8, 4) is 0 Å².